The topological polar surface area (TPSA) is 53.1 Å². The molecule has 0 unspecified atom stereocenters. The normalized spacial score (nSPS) is 33.0. The van der Waals surface area contributed by atoms with Crippen LogP contribution in [0.1, 0.15) is 17.5 Å². The van der Waals surface area contributed by atoms with E-state index in [2.05, 4.69) is 35.1 Å². The second-order valence-corrected chi connectivity index (χ2v) is 8.72. The number of nitrogens with zero attached hydrogens (tertiary/aromatic N) is 2. The van der Waals surface area contributed by atoms with E-state index in [1.807, 2.05) is 24.3 Å². The van der Waals surface area contributed by atoms with E-state index in [0.717, 1.165) is 30.9 Å². The first-order chi connectivity index (χ1) is 14.7. The molecule has 2 bridgehead atoms. The largest absolute Gasteiger partial charge is 0.481 e. The van der Waals surface area contributed by atoms with E-state index in [1.165, 1.54) is 11.1 Å². The van der Waals surface area contributed by atoms with Gasteiger partial charge >= 0.3 is 0 Å². The lowest BCUT2D eigenvalue weighted by atomic mass is 9.53. The predicted octanol–water partition coefficient (Wildman–Crippen LogP) is 2.96. The van der Waals surface area contributed by atoms with Gasteiger partial charge in [-0.25, -0.2) is 4.98 Å². The van der Waals surface area contributed by atoms with Crippen LogP contribution in [0.5, 0.6) is 17.4 Å². The van der Waals surface area contributed by atoms with Crippen LogP contribution in [0.25, 0.3) is 0 Å². The summed E-state index contributed by atoms with van der Waals surface area (Å²) in [5.41, 5.74) is 2.60. The van der Waals surface area contributed by atoms with Gasteiger partial charge < -0.3 is 23.8 Å². The van der Waals surface area contributed by atoms with Crippen LogP contribution in [0.4, 0.5) is 0 Å². The van der Waals surface area contributed by atoms with Gasteiger partial charge in [0.1, 0.15) is 6.10 Å². The molecule has 1 aromatic carbocycles. The average Bonchev–Trinajstić information content (AvgIpc) is 3.12. The van der Waals surface area contributed by atoms with Crippen molar-refractivity contribution in [1.29, 1.82) is 0 Å². The first-order valence-electron chi connectivity index (χ1n) is 10.6. The first kappa shape index (κ1) is 18.2. The Morgan fingerprint density at radius 3 is 3.00 bits per heavy atom. The van der Waals surface area contributed by atoms with E-state index >= 15 is 0 Å². The zero-order chi connectivity index (χ0) is 20.3. The smallest absolute Gasteiger partial charge is 0.213 e. The lowest BCUT2D eigenvalue weighted by Gasteiger charge is -2.56. The Labute approximate surface area is 176 Å². The van der Waals surface area contributed by atoms with E-state index in [9.17, 15) is 0 Å². The van der Waals surface area contributed by atoms with E-state index < -0.39 is 0 Å². The van der Waals surface area contributed by atoms with Crippen LogP contribution >= 0.6 is 0 Å². The summed E-state index contributed by atoms with van der Waals surface area (Å²) in [6.07, 6.45) is 8.07. The highest BCUT2D eigenvalue weighted by atomic mass is 16.7. The molecule has 1 fully saturated rings. The summed E-state index contributed by atoms with van der Waals surface area (Å²) in [5.74, 6) is 2.65. The summed E-state index contributed by atoms with van der Waals surface area (Å²) in [6, 6.07) is 10.5. The van der Waals surface area contributed by atoms with Crippen molar-refractivity contribution in [3.63, 3.8) is 0 Å². The number of aromatic nitrogens is 1. The molecular formula is C24H26N2O4. The molecule has 0 amide bonds. The first-order valence-corrected chi connectivity index (χ1v) is 10.6. The second-order valence-electron chi connectivity index (χ2n) is 8.72. The molecule has 0 saturated carbocycles. The Kier molecular flexibility index (Phi) is 4.08. The van der Waals surface area contributed by atoms with Gasteiger partial charge in [-0.2, -0.15) is 0 Å². The molecule has 2 aromatic rings. The molecule has 1 saturated heterocycles. The zero-order valence-electron chi connectivity index (χ0n) is 17.3. The maximum Gasteiger partial charge on any atom is 0.213 e. The van der Waals surface area contributed by atoms with Gasteiger partial charge in [0.2, 0.25) is 5.88 Å². The molecule has 1 spiro atoms. The molecule has 156 valence electrons. The number of likely N-dealkylation sites (tertiary alicyclic amines) is 1. The number of methoxy groups -OCH3 is 1. The van der Waals surface area contributed by atoms with E-state index in [4.69, 9.17) is 18.9 Å². The number of hydrogen-bond acceptors (Lipinski definition) is 6. The number of benzene rings is 1. The fourth-order valence-corrected chi connectivity index (χ4v) is 6.10. The third kappa shape index (κ3) is 2.41. The summed E-state index contributed by atoms with van der Waals surface area (Å²) in [7, 11) is 3.88. The van der Waals surface area contributed by atoms with Crippen molar-refractivity contribution in [2.75, 3.05) is 27.5 Å². The van der Waals surface area contributed by atoms with Gasteiger partial charge in [-0.05, 0) is 50.2 Å². The summed E-state index contributed by atoms with van der Waals surface area (Å²) in [5, 5.41) is 0. The Morgan fingerprint density at radius 2 is 2.17 bits per heavy atom. The van der Waals surface area contributed by atoms with Crippen LogP contribution in [0, 0.1) is 5.92 Å². The van der Waals surface area contributed by atoms with Crippen molar-refractivity contribution in [2.24, 2.45) is 5.92 Å². The predicted molar refractivity (Wildman–Crippen MR) is 111 cm³/mol. The molecular weight excluding hydrogens is 380 g/mol. The molecule has 0 N–H and O–H groups in total. The zero-order valence-corrected chi connectivity index (χ0v) is 17.3. The van der Waals surface area contributed by atoms with Crippen molar-refractivity contribution in [2.45, 2.75) is 36.5 Å². The average molecular weight is 406 g/mol. The van der Waals surface area contributed by atoms with Crippen molar-refractivity contribution in [1.82, 2.24) is 9.88 Å². The summed E-state index contributed by atoms with van der Waals surface area (Å²) < 4.78 is 24.1. The molecule has 3 heterocycles. The van der Waals surface area contributed by atoms with Crippen LogP contribution in [0.2, 0.25) is 0 Å². The number of ether oxygens (including phenoxy) is 4. The Morgan fingerprint density at radius 1 is 1.23 bits per heavy atom. The lowest BCUT2D eigenvalue weighted by Crippen LogP contribution is -2.65. The van der Waals surface area contributed by atoms with Crippen molar-refractivity contribution in [3.05, 3.63) is 59.8 Å². The minimum atomic E-state index is -0.200. The molecule has 30 heavy (non-hydrogen) atoms. The maximum absolute atomic E-state index is 6.72. The molecule has 6 rings (SSSR count). The molecule has 4 aliphatic rings. The van der Waals surface area contributed by atoms with Gasteiger partial charge in [-0.1, -0.05) is 18.2 Å². The van der Waals surface area contributed by atoms with E-state index in [1.54, 1.807) is 13.3 Å². The minimum Gasteiger partial charge on any atom is -0.481 e. The molecule has 6 nitrogen and oxygen atoms in total. The van der Waals surface area contributed by atoms with Crippen LogP contribution in [0.3, 0.4) is 0 Å². The van der Waals surface area contributed by atoms with Crippen LogP contribution < -0.4 is 14.2 Å². The molecule has 1 aromatic heterocycles. The third-order valence-corrected chi connectivity index (χ3v) is 7.34. The van der Waals surface area contributed by atoms with Crippen LogP contribution in [0.15, 0.2) is 48.7 Å². The maximum atomic E-state index is 6.72. The van der Waals surface area contributed by atoms with Gasteiger partial charge in [-0.15, -0.1) is 0 Å². The van der Waals surface area contributed by atoms with E-state index in [0.29, 0.717) is 17.8 Å². The highest BCUT2D eigenvalue weighted by Gasteiger charge is 2.65. The fraction of sp³-hybridized carbons (Fsp3) is 0.458. The van der Waals surface area contributed by atoms with Gasteiger partial charge in [0.25, 0.3) is 0 Å². The number of piperidine rings is 1. The highest BCUT2D eigenvalue weighted by Crippen LogP contribution is 2.62. The molecule has 0 radical (unpaired) electrons. The Bertz CT molecular complexity index is 994. The Balaban J connectivity index is 1.48. The standard InChI is InChI=1S/C24H26N2O4/c1-26-12-10-24-16-7-9-19(29-20-5-3-4-11-25-20)23(24)30-22-18(28-14-27-2)8-6-15(21(22)24)13-17(16)26/h3-9,11,16-17,19,23H,10,12-14H2,1-2H3/t16-,17+,19-,23-,24-/m0/s1. The highest BCUT2D eigenvalue weighted by molar-refractivity contribution is 5.62. The Hall–Kier alpha value is -2.57. The summed E-state index contributed by atoms with van der Waals surface area (Å²) in [6.45, 7) is 1.25. The molecule has 6 heteroatoms. The monoisotopic (exact) mass is 406 g/mol. The van der Waals surface area contributed by atoms with Crippen molar-refractivity contribution >= 4 is 0 Å². The number of likely N-dealkylation sites (N-methyl/N-ethyl adjacent to an activating group) is 1. The quantitative estimate of drug-likeness (QED) is 0.562. The van der Waals surface area contributed by atoms with Gasteiger partial charge in [-0.3, -0.25) is 0 Å². The van der Waals surface area contributed by atoms with Crippen LogP contribution in [-0.4, -0.2) is 55.6 Å². The van der Waals surface area contributed by atoms with Crippen molar-refractivity contribution < 1.29 is 18.9 Å². The molecule has 2 aliphatic heterocycles. The number of rotatable bonds is 5. The lowest BCUT2D eigenvalue weighted by molar-refractivity contribution is -0.0396. The SMILES string of the molecule is COCOc1ccc2c3c1O[C@H]1[C@@H](Oc4ccccn4)C=C[C@H]4[C@@H](C2)N(C)CC[C@@]341. The van der Waals surface area contributed by atoms with Crippen molar-refractivity contribution in [3.8, 4) is 17.4 Å². The molecule has 2 aliphatic carbocycles. The minimum absolute atomic E-state index is 0.0965. The number of hydrogen-bond donors (Lipinski definition) is 0. The summed E-state index contributed by atoms with van der Waals surface area (Å²) in [4.78, 5) is 6.88. The van der Waals surface area contributed by atoms with E-state index in [-0.39, 0.29) is 24.4 Å². The summed E-state index contributed by atoms with van der Waals surface area (Å²) >= 11 is 0. The third-order valence-electron chi connectivity index (χ3n) is 7.34. The second kappa shape index (κ2) is 6.72. The fourth-order valence-electron chi connectivity index (χ4n) is 6.10. The van der Waals surface area contributed by atoms with Gasteiger partial charge in [0, 0.05) is 42.3 Å². The van der Waals surface area contributed by atoms with Gasteiger partial charge in [0.05, 0.1) is 0 Å². The molecule has 5 atom stereocenters. The van der Waals surface area contributed by atoms with Gasteiger partial charge in [0.15, 0.2) is 24.4 Å². The number of pyridine rings is 1. The van der Waals surface area contributed by atoms with Crippen LogP contribution in [-0.2, 0) is 16.6 Å².